The molecule has 0 aromatic carbocycles. The number of amides is 2. The van der Waals surface area contributed by atoms with Gasteiger partial charge in [-0.05, 0) is 24.1 Å². The summed E-state index contributed by atoms with van der Waals surface area (Å²) in [5, 5.41) is 19.4. The van der Waals surface area contributed by atoms with E-state index in [1.165, 1.54) is 31.7 Å². The number of pyridine rings is 1. The molecule has 0 spiro atoms. The number of nitrogens with zero attached hydrogens (tertiary/aromatic N) is 4. The standard InChI is InChI=1S/C17H16FN7O2/c1-19-17(27)14-15(11-6-7-21-22-9-11)24-25-16(14)23-13(26)5-3-10-2-4-12(18)20-8-10/h2,4,6-9H,3,5H2,1H3,(H,19,27)(H2,23,24,25,26). The van der Waals surface area contributed by atoms with Gasteiger partial charge in [0, 0.05) is 25.2 Å². The monoisotopic (exact) mass is 369 g/mol. The van der Waals surface area contributed by atoms with E-state index in [0.29, 0.717) is 17.7 Å². The second-order valence-electron chi connectivity index (χ2n) is 5.57. The van der Waals surface area contributed by atoms with Crippen molar-refractivity contribution in [2.75, 3.05) is 12.4 Å². The zero-order valence-electron chi connectivity index (χ0n) is 14.4. The number of carbonyl (C=O) groups excluding carboxylic acids is 2. The molecule has 0 fully saturated rings. The third kappa shape index (κ3) is 4.29. The van der Waals surface area contributed by atoms with Gasteiger partial charge in [0.1, 0.15) is 5.56 Å². The van der Waals surface area contributed by atoms with E-state index in [9.17, 15) is 14.0 Å². The summed E-state index contributed by atoms with van der Waals surface area (Å²) in [7, 11) is 1.48. The van der Waals surface area contributed by atoms with Gasteiger partial charge in [0.05, 0.1) is 18.1 Å². The van der Waals surface area contributed by atoms with Crippen molar-refractivity contribution in [3.05, 3.63) is 53.9 Å². The highest BCUT2D eigenvalue weighted by molar-refractivity contribution is 6.07. The van der Waals surface area contributed by atoms with Gasteiger partial charge in [0.2, 0.25) is 11.9 Å². The maximum atomic E-state index is 12.8. The lowest BCUT2D eigenvalue weighted by atomic mass is 10.1. The molecule has 0 saturated heterocycles. The van der Waals surface area contributed by atoms with Gasteiger partial charge >= 0.3 is 0 Å². The molecule has 0 aliphatic rings. The fourth-order valence-electron chi connectivity index (χ4n) is 2.43. The molecule has 3 aromatic rings. The highest BCUT2D eigenvalue weighted by Gasteiger charge is 2.22. The highest BCUT2D eigenvalue weighted by atomic mass is 19.1. The summed E-state index contributed by atoms with van der Waals surface area (Å²) in [5.74, 6) is -1.21. The van der Waals surface area contributed by atoms with E-state index in [4.69, 9.17) is 0 Å². The number of nitrogens with one attached hydrogen (secondary N) is 3. The molecule has 27 heavy (non-hydrogen) atoms. The number of aromatic nitrogens is 5. The van der Waals surface area contributed by atoms with Crippen LogP contribution in [-0.4, -0.2) is 44.2 Å². The van der Waals surface area contributed by atoms with Gasteiger partial charge in [-0.2, -0.15) is 19.7 Å². The third-order valence-corrected chi connectivity index (χ3v) is 3.78. The van der Waals surface area contributed by atoms with Crippen molar-refractivity contribution in [3.8, 4) is 11.3 Å². The first kappa shape index (κ1) is 18.1. The number of aryl methyl sites for hydroxylation is 1. The third-order valence-electron chi connectivity index (χ3n) is 3.78. The minimum Gasteiger partial charge on any atom is -0.355 e. The molecule has 138 valence electrons. The number of rotatable bonds is 6. The van der Waals surface area contributed by atoms with Crippen LogP contribution >= 0.6 is 0 Å². The van der Waals surface area contributed by atoms with Gasteiger partial charge in [-0.3, -0.25) is 14.7 Å². The summed E-state index contributed by atoms with van der Waals surface area (Å²) in [6.07, 6.45) is 4.84. The van der Waals surface area contributed by atoms with E-state index < -0.39 is 11.9 Å². The van der Waals surface area contributed by atoms with Crippen molar-refractivity contribution < 1.29 is 14.0 Å². The van der Waals surface area contributed by atoms with Gasteiger partial charge in [0.25, 0.3) is 5.91 Å². The molecule has 10 heteroatoms. The molecule has 3 aromatic heterocycles. The fraction of sp³-hybridized carbons (Fsp3) is 0.176. The Hall–Kier alpha value is -3.69. The molecule has 3 N–H and O–H groups in total. The number of anilines is 1. The molecule has 0 saturated carbocycles. The molecule has 0 aliphatic carbocycles. The summed E-state index contributed by atoms with van der Waals surface area (Å²) < 4.78 is 12.8. The lowest BCUT2D eigenvalue weighted by Crippen LogP contribution is -2.21. The van der Waals surface area contributed by atoms with Crippen LogP contribution in [0.5, 0.6) is 0 Å². The molecule has 0 bridgehead atoms. The minimum absolute atomic E-state index is 0.114. The van der Waals surface area contributed by atoms with Gasteiger partial charge < -0.3 is 10.6 Å². The van der Waals surface area contributed by atoms with Crippen LogP contribution in [0.2, 0.25) is 0 Å². The van der Waals surface area contributed by atoms with Crippen LogP contribution in [0.1, 0.15) is 22.3 Å². The Bertz CT molecular complexity index is 942. The molecule has 0 radical (unpaired) electrons. The Morgan fingerprint density at radius 3 is 2.70 bits per heavy atom. The zero-order chi connectivity index (χ0) is 19.2. The summed E-state index contributed by atoms with van der Waals surface area (Å²) in [6.45, 7) is 0. The summed E-state index contributed by atoms with van der Waals surface area (Å²) in [4.78, 5) is 28.1. The second kappa shape index (κ2) is 8.13. The Labute approximate surface area is 153 Å². The lowest BCUT2D eigenvalue weighted by molar-refractivity contribution is -0.116. The second-order valence-corrected chi connectivity index (χ2v) is 5.57. The van der Waals surface area contributed by atoms with Crippen molar-refractivity contribution in [2.45, 2.75) is 12.8 Å². The van der Waals surface area contributed by atoms with Gasteiger partial charge in [-0.15, -0.1) is 0 Å². The van der Waals surface area contributed by atoms with Crippen molar-refractivity contribution in [1.29, 1.82) is 0 Å². The summed E-state index contributed by atoms with van der Waals surface area (Å²) in [6, 6.07) is 4.47. The Morgan fingerprint density at radius 1 is 1.19 bits per heavy atom. The van der Waals surface area contributed by atoms with Crippen molar-refractivity contribution in [3.63, 3.8) is 0 Å². The largest absolute Gasteiger partial charge is 0.355 e. The Kier molecular flexibility index (Phi) is 5.45. The predicted octanol–water partition coefficient (Wildman–Crippen LogP) is 1.33. The van der Waals surface area contributed by atoms with Crippen LogP contribution in [-0.2, 0) is 11.2 Å². The van der Waals surface area contributed by atoms with Crippen LogP contribution < -0.4 is 10.6 Å². The van der Waals surface area contributed by atoms with Crippen LogP contribution in [0.3, 0.4) is 0 Å². The number of carbonyl (C=O) groups is 2. The predicted molar refractivity (Wildman–Crippen MR) is 94.1 cm³/mol. The quantitative estimate of drug-likeness (QED) is 0.563. The van der Waals surface area contributed by atoms with Crippen molar-refractivity contribution in [2.24, 2.45) is 0 Å². The van der Waals surface area contributed by atoms with Crippen LogP contribution in [0, 0.1) is 5.95 Å². The molecule has 0 unspecified atom stereocenters. The van der Waals surface area contributed by atoms with Crippen LogP contribution in [0.25, 0.3) is 11.3 Å². The number of hydrogen-bond acceptors (Lipinski definition) is 6. The van der Waals surface area contributed by atoms with Gasteiger partial charge in [0.15, 0.2) is 5.82 Å². The molecule has 0 atom stereocenters. The normalized spacial score (nSPS) is 10.4. The molecular formula is C17H16FN7O2. The van der Waals surface area contributed by atoms with Crippen LogP contribution in [0.15, 0.2) is 36.8 Å². The highest BCUT2D eigenvalue weighted by Crippen LogP contribution is 2.26. The number of H-pyrrole nitrogens is 1. The molecule has 0 aliphatic heterocycles. The van der Waals surface area contributed by atoms with E-state index >= 15 is 0 Å². The molecule has 3 rings (SSSR count). The maximum absolute atomic E-state index is 12.8. The van der Waals surface area contributed by atoms with Gasteiger partial charge in [-0.25, -0.2) is 4.98 Å². The summed E-state index contributed by atoms with van der Waals surface area (Å²) in [5.41, 5.74) is 1.95. The van der Waals surface area contributed by atoms with Crippen LogP contribution in [0.4, 0.5) is 10.2 Å². The van der Waals surface area contributed by atoms with Crippen molar-refractivity contribution in [1.82, 2.24) is 30.7 Å². The first-order valence-electron chi connectivity index (χ1n) is 8.06. The topological polar surface area (TPSA) is 126 Å². The van der Waals surface area contributed by atoms with Gasteiger partial charge in [-0.1, -0.05) is 6.07 Å². The molecular weight excluding hydrogens is 353 g/mol. The average Bonchev–Trinajstić information content (AvgIpc) is 3.11. The number of hydrogen-bond donors (Lipinski definition) is 3. The zero-order valence-corrected chi connectivity index (χ0v) is 14.4. The Morgan fingerprint density at radius 2 is 2.04 bits per heavy atom. The number of halogens is 1. The maximum Gasteiger partial charge on any atom is 0.257 e. The Balaban J connectivity index is 1.76. The van der Waals surface area contributed by atoms with E-state index in [1.54, 1.807) is 12.1 Å². The average molecular weight is 369 g/mol. The fourth-order valence-corrected chi connectivity index (χ4v) is 2.43. The van der Waals surface area contributed by atoms with E-state index in [-0.39, 0.29) is 23.7 Å². The first-order valence-corrected chi connectivity index (χ1v) is 8.06. The minimum atomic E-state index is -0.576. The van der Waals surface area contributed by atoms with E-state index in [2.05, 4.69) is 36.0 Å². The molecule has 2 amide bonds. The smallest absolute Gasteiger partial charge is 0.257 e. The SMILES string of the molecule is CNC(=O)c1c(NC(=O)CCc2ccc(F)nc2)n[nH]c1-c1ccnnc1. The van der Waals surface area contributed by atoms with Crippen molar-refractivity contribution >= 4 is 17.6 Å². The van der Waals surface area contributed by atoms with E-state index in [1.807, 2.05) is 0 Å². The molecule has 3 heterocycles. The molecule has 9 nitrogen and oxygen atoms in total. The van der Waals surface area contributed by atoms with E-state index in [0.717, 1.165) is 5.56 Å². The first-order chi connectivity index (χ1) is 13.1. The lowest BCUT2D eigenvalue weighted by Gasteiger charge is -2.06. The summed E-state index contributed by atoms with van der Waals surface area (Å²) >= 11 is 0. The number of aromatic amines is 1.